The average molecular weight is 751 g/mol. The molecule has 0 bridgehead atoms. The molecule has 5 rings (SSSR count). The zero-order valence-corrected chi connectivity index (χ0v) is 30.4. The Bertz CT molecular complexity index is 1560. The van der Waals surface area contributed by atoms with Crippen LogP contribution < -0.4 is 0 Å². The molecule has 2 fully saturated rings. The first-order chi connectivity index (χ1) is 26.4. The molecule has 2 saturated heterocycles. The lowest BCUT2D eigenvalue weighted by Gasteiger charge is -2.26. The number of ether oxygens (including phenoxy) is 8. The van der Waals surface area contributed by atoms with Crippen LogP contribution in [0.4, 0.5) is 0 Å². The number of hydrogen-bond donors (Lipinski definition) is 2. The zero-order chi connectivity index (χ0) is 38.1. The Balaban J connectivity index is 1.28. The second-order valence-corrected chi connectivity index (χ2v) is 13.1. The van der Waals surface area contributed by atoms with Gasteiger partial charge in [-0.05, 0) is 42.7 Å². The summed E-state index contributed by atoms with van der Waals surface area (Å²) in [5.74, 6) is -1.48. The van der Waals surface area contributed by atoms with E-state index < -0.39 is 67.7 Å². The monoisotopic (exact) mass is 750 g/mol. The maximum absolute atomic E-state index is 13.4. The molecule has 0 spiro atoms. The first-order valence-corrected chi connectivity index (χ1v) is 18.5. The molecule has 54 heavy (non-hydrogen) atoms. The Morgan fingerprint density at radius 1 is 0.630 bits per heavy atom. The van der Waals surface area contributed by atoms with E-state index in [0.717, 1.165) is 44.1 Å². The summed E-state index contributed by atoms with van der Waals surface area (Å²) in [6, 6.07) is 26.3. The molecular weight excluding hydrogens is 700 g/mol. The topological polar surface area (TPSA) is 166 Å². The first kappa shape index (κ1) is 41.0. The third kappa shape index (κ3) is 11.9. The van der Waals surface area contributed by atoms with Crippen molar-refractivity contribution in [3.8, 4) is 0 Å². The van der Waals surface area contributed by atoms with Crippen LogP contribution in [0.15, 0.2) is 91.0 Å². The fraction of sp³-hybridized carbons (Fsp3) is 0.488. The van der Waals surface area contributed by atoms with Crippen LogP contribution >= 0.6 is 0 Å². The minimum atomic E-state index is -1.37. The summed E-state index contributed by atoms with van der Waals surface area (Å²) in [5, 5.41) is 20.8. The van der Waals surface area contributed by atoms with Gasteiger partial charge in [-0.15, -0.1) is 0 Å². The van der Waals surface area contributed by atoms with Crippen molar-refractivity contribution < 1.29 is 62.5 Å². The van der Waals surface area contributed by atoms with Crippen molar-refractivity contribution in [2.75, 3.05) is 26.9 Å². The van der Waals surface area contributed by atoms with E-state index in [1.807, 2.05) is 30.3 Å². The molecule has 0 amide bonds. The van der Waals surface area contributed by atoms with E-state index in [1.165, 1.54) is 7.11 Å². The number of benzene rings is 3. The maximum atomic E-state index is 13.4. The standard InChI is InChI=1S/C41H50O13/c1-47-33(43)23-15-4-2-3-5-16-24-48-41-37(54-39(46)30-21-13-8-14-22-30)35(49-26-28-17-9-6-10-18-28)32(52-41)27-50-40-36(34(44)31(25-42)51-40)53-38(45)29-19-11-7-12-20-29/h6-14,17-22,31-32,34-37,40-42,44H,2-5,15-16,23-27H2,1H3/t31-,32-,34-,35-,36+,37+,40+,41+/m1/s1. The smallest absolute Gasteiger partial charge is 0.338 e. The summed E-state index contributed by atoms with van der Waals surface area (Å²) in [6.07, 6.45) is -3.06. The number of carbonyl (C=O) groups is 3. The molecule has 2 heterocycles. The van der Waals surface area contributed by atoms with Gasteiger partial charge in [-0.2, -0.15) is 0 Å². The second-order valence-electron chi connectivity index (χ2n) is 13.1. The molecule has 0 aromatic heterocycles. The predicted octanol–water partition coefficient (Wildman–Crippen LogP) is 4.76. The Morgan fingerprint density at radius 3 is 1.78 bits per heavy atom. The number of carbonyl (C=O) groups excluding carboxylic acids is 3. The van der Waals surface area contributed by atoms with Crippen LogP contribution in [0.1, 0.15) is 71.2 Å². The molecule has 0 aliphatic carbocycles. The largest absolute Gasteiger partial charge is 0.469 e. The van der Waals surface area contributed by atoms with Gasteiger partial charge in [0.05, 0.1) is 38.1 Å². The van der Waals surface area contributed by atoms with Gasteiger partial charge in [0, 0.05) is 13.0 Å². The molecule has 2 aliphatic rings. The minimum absolute atomic E-state index is 0.163. The minimum Gasteiger partial charge on any atom is -0.469 e. The summed E-state index contributed by atoms with van der Waals surface area (Å²) in [7, 11) is 1.39. The van der Waals surface area contributed by atoms with Gasteiger partial charge in [0.1, 0.15) is 24.4 Å². The van der Waals surface area contributed by atoms with Gasteiger partial charge in [-0.25, -0.2) is 9.59 Å². The van der Waals surface area contributed by atoms with Crippen molar-refractivity contribution in [3.05, 3.63) is 108 Å². The predicted molar refractivity (Wildman–Crippen MR) is 193 cm³/mol. The highest BCUT2D eigenvalue weighted by molar-refractivity contribution is 5.90. The van der Waals surface area contributed by atoms with Crippen LogP contribution in [-0.4, -0.2) is 104 Å². The third-order valence-corrected chi connectivity index (χ3v) is 9.24. The third-order valence-electron chi connectivity index (χ3n) is 9.24. The van der Waals surface area contributed by atoms with E-state index in [0.29, 0.717) is 18.6 Å². The summed E-state index contributed by atoms with van der Waals surface area (Å²) in [6.45, 7) is -0.252. The van der Waals surface area contributed by atoms with E-state index in [1.54, 1.807) is 60.7 Å². The molecule has 3 aromatic rings. The van der Waals surface area contributed by atoms with Gasteiger partial charge in [0.15, 0.2) is 24.8 Å². The first-order valence-electron chi connectivity index (χ1n) is 18.5. The van der Waals surface area contributed by atoms with Crippen LogP contribution in [0.5, 0.6) is 0 Å². The van der Waals surface area contributed by atoms with Crippen LogP contribution in [-0.2, 0) is 49.3 Å². The van der Waals surface area contributed by atoms with Gasteiger partial charge in [0.2, 0.25) is 0 Å². The van der Waals surface area contributed by atoms with Crippen molar-refractivity contribution in [2.24, 2.45) is 0 Å². The van der Waals surface area contributed by atoms with Crippen LogP contribution in [0, 0.1) is 0 Å². The van der Waals surface area contributed by atoms with Gasteiger partial charge in [-0.1, -0.05) is 92.4 Å². The number of aliphatic hydroxyl groups excluding tert-OH is 2. The highest BCUT2D eigenvalue weighted by Gasteiger charge is 2.51. The molecule has 0 saturated carbocycles. The molecule has 13 nitrogen and oxygen atoms in total. The molecule has 0 unspecified atom stereocenters. The molecule has 8 atom stereocenters. The van der Waals surface area contributed by atoms with Crippen LogP contribution in [0.2, 0.25) is 0 Å². The van der Waals surface area contributed by atoms with Crippen molar-refractivity contribution in [2.45, 2.75) is 101 Å². The lowest BCUT2D eigenvalue weighted by Crippen LogP contribution is -2.43. The highest BCUT2D eigenvalue weighted by atomic mass is 16.8. The van der Waals surface area contributed by atoms with Crippen molar-refractivity contribution in [1.82, 2.24) is 0 Å². The Kier molecular flexibility index (Phi) is 16.4. The summed E-state index contributed by atoms with van der Waals surface area (Å²) < 4.78 is 47.3. The lowest BCUT2D eigenvalue weighted by atomic mass is 10.1. The van der Waals surface area contributed by atoms with Gasteiger partial charge in [0.25, 0.3) is 0 Å². The van der Waals surface area contributed by atoms with Gasteiger partial charge >= 0.3 is 17.9 Å². The zero-order valence-electron chi connectivity index (χ0n) is 30.4. The Hall–Kier alpha value is -4.21. The van der Waals surface area contributed by atoms with E-state index in [9.17, 15) is 24.6 Å². The summed E-state index contributed by atoms with van der Waals surface area (Å²) in [5.41, 5.74) is 1.49. The molecule has 3 aromatic carbocycles. The van der Waals surface area contributed by atoms with Gasteiger partial charge < -0.3 is 48.1 Å². The summed E-state index contributed by atoms with van der Waals surface area (Å²) >= 11 is 0. The number of methoxy groups -OCH3 is 1. The van der Waals surface area contributed by atoms with Crippen molar-refractivity contribution >= 4 is 17.9 Å². The molecule has 0 radical (unpaired) electrons. The lowest BCUT2D eigenvalue weighted by molar-refractivity contribution is -0.207. The number of esters is 3. The Morgan fingerprint density at radius 2 is 1.17 bits per heavy atom. The molecular formula is C41H50O13. The molecule has 292 valence electrons. The average Bonchev–Trinajstić information content (AvgIpc) is 3.70. The second kappa shape index (κ2) is 21.6. The number of aliphatic hydroxyl groups is 2. The van der Waals surface area contributed by atoms with Crippen molar-refractivity contribution in [3.63, 3.8) is 0 Å². The molecule has 13 heteroatoms. The number of rotatable bonds is 21. The van der Waals surface area contributed by atoms with Crippen LogP contribution in [0.3, 0.4) is 0 Å². The molecule has 2 N–H and O–H groups in total. The highest BCUT2D eigenvalue weighted by Crippen LogP contribution is 2.32. The van der Waals surface area contributed by atoms with Crippen molar-refractivity contribution in [1.29, 1.82) is 0 Å². The van der Waals surface area contributed by atoms with Crippen LogP contribution in [0.25, 0.3) is 0 Å². The summed E-state index contributed by atoms with van der Waals surface area (Å²) in [4.78, 5) is 37.7. The number of unbranched alkanes of at least 4 members (excludes halogenated alkanes) is 5. The fourth-order valence-corrected chi connectivity index (χ4v) is 6.27. The Labute approximate surface area is 315 Å². The number of hydrogen-bond acceptors (Lipinski definition) is 13. The van der Waals surface area contributed by atoms with E-state index >= 15 is 0 Å². The normalized spacial score (nSPS) is 24.9. The van der Waals surface area contributed by atoms with E-state index in [4.69, 9.17) is 37.9 Å². The quantitative estimate of drug-likeness (QED) is 0.0871. The molecule has 2 aliphatic heterocycles. The fourth-order valence-electron chi connectivity index (χ4n) is 6.27. The van der Waals surface area contributed by atoms with E-state index in [2.05, 4.69) is 0 Å². The maximum Gasteiger partial charge on any atom is 0.338 e. The van der Waals surface area contributed by atoms with E-state index in [-0.39, 0.29) is 24.7 Å². The SMILES string of the molecule is COC(=O)CCCCCCCCO[C@H]1O[C@H](CO[C@H]2O[C@H](CO)[C@@H](O)[C@@H]2OC(=O)c2ccccc2)[C@@H](OCc2ccccc2)[C@@H]1OC(=O)c1ccccc1. The van der Waals surface area contributed by atoms with Gasteiger partial charge in [-0.3, -0.25) is 4.79 Å².